The van der Waals surface area contributed by atoms with Crippen LogP contribution in [0.15, 0.2) is 36.8 Å². The third kappa shape index (κ3) is 2.79. The highest BCUT2D eigenvalue weighted by atomic mass is 16.1. The Morgan fingerprint density at radius 3 is 2.90 bits per heavy atom. The number of aryl methyl sites for hydroxylation is 3. The van der Waals surface area contributed by atoms with Crippen LogP contribution in [0, 0.1) is 6.92 Å². The first-order chi connectivity index (χ1) is 10.1. The molecule has 0 saturated heterocycles. The highest BCUT2D eigenvalue weighted by molar-refractivity contribution is 5.90. The molecule has 0 saturated carbocycles. The van der Waals surface area contributed by atoms with Gasteiger partial charge in [0.05, 0.1) is 30.1 Å². The highest BCUT2D eigenvalue weighted by Crippen LogP contribution is 2.18. The maximum absolute atomic E-state index is 11.9. The van der Waals surface area contributed by atoms with Crippen molar-refractivity contribution in [2.75, 3.05) is 5.32 Å². The second kappa shape index (κ2) is 5.40. The summed E-state index contributed by atoms with van der Waals surface area (Å²) >= 11 is 0. The Morgan fingerprint density at radius 1 is 1.29 bits per heavy atom. The van der Waals surface area contributed by atoms with Crippen LogP contribution in [0.1, 0.15) is 12.0 Å². The van der Waals surface area contributed by atoms with Gasteiger partial charge in [-0.15, -0.1) is 0 Å². The largest absolute Gasteiger partial charge is 0.323 e. The van der Waals surface area contributed by atoms with Crippen molar-refractivity contribution in [1.82, 2.24) is 19.6 Å². The van der Waals surface area contributed by atoms with Gasteiger partial charge in [0.15, 0.2) is 0 Å². The molecule has 21 heavy (non-hydrogen) atoms. The number of hydrogen-bond acceptors (Lipinski definition) is 3. The van der Waals surface area contributed by atoms with Crippen molar-refractivity contribution in [2.24, 2.45) is 7.05 Å². The molecule has 1 aromatic carbocycles. The predicted octanol–water partition coefficient (Wildman–Crippen LogP) is 2.11. The Morgan fingerprint density at radius 2 is 2.14 bits per heavy atom. The van der Waals surface area contributed by atoms with Gasteiger partial charge < -0.3 is 5.32 Å². The van der Waals surface area contributed by atoms with Gasteiger partial charge in [-0.1, -0.05) is 18.2 Å². The van der Waals surface area contributed by atoms with E-state index in [2.05, 4.69) is 28.5 Å². The van der Waals surface area contributed by atoms with Gasteiger partial charge in [-0.25, -0.2) is 0 Å². The van der Waals surface area contributed by atoms with Crippen molar-refractivity contribution in [3.05, 3.63) is 42.4 Å². The third-order valence-electron chi connectivity index (χ3n) is 3.40. The van der Waals surface area contributed by atoms with E-state index in [0.29, 0.717) is 18.7 Å². The number of anilines is 1. The Kier molecular flexibility index (Phi) is 3.43. The summed E-state index contributed by atoms with van der Waals surface area (Å²) < 4.78 is 3.54. The number of carbonyl (C=O) groups excluding carboxylic acids is 1. The number of carbonyl (C=O) groups is 1. The number of nitrogens with one attached hydrogen (secondary N) is 1. The van der Waals surface area contributed by atoms with E-state index in [1.165, 1.54) is 0 Å². The molecule has 0 unspecified atom stereocenters. The molecular weight excluding hydrogens is 266 g/mol. The van der Waals surface area contributed by atoms with Crippen LogP contribution < -0.4 is 5.32 Å². The average molecular weight is 283 g/mol. The van der Waals surface area contributed by atoms with Gasteiger partial charge in [0.2, 0.25) is 5.91 Å². The van der Waals surface area contributed by atoms with Crippen molar-refractivity contribution in [3.8, 4) is 0 Å². The van der Waals surface area contributed by atoms with Crippen LogP contribution in [-0.4, -0.2) is 25.5 Å². The van der Waals surface area contributed by atoms with Crippen LogP contribution in [0.4, 0.5) is 5.69 Å². The van der Waals surface area contributed by atoms with E-state index < -0.39 is 0 Å². The van der Waals surface area contributed by atoms with E-state index in [4.69, 9.17) is 0 Å². The van der Waals surface area contributed by atoms with Gasteiger partial charge in [0.25, 0.3) is 0 Å². The molecule has 0 spiro atoms. The van der Waals surface area contributed by atoms with Crippen molar-refractivity contribution < 1.29 is 4.79 Å². The SMILES string of the molecule is Cc1cccc2cnn(CCC(=O)Nc3cnn(C)c3)c12. The van der Waals surface area contributed by atoms with Crippen molar-refractivity contribution in [1.29, 1.82) is 0 Å². The molecule has 0 aliphatic carbocycles. The van der Waals surface area contributed by atoms with E-state index in [-0.39, 0.29) is 5.91 Å². The second-order valence-electron chi connectivity index (χ2n) is 5.08. The number of fused-ring (bicyclic) bond motifs is 1. The monoisotopic (exact) mass is 283 g/mol. The second-order valence-corrected chi connectivity index (χ2v) is 5.08. The Hall–Kier alpha value is -2.63. The van der Waals surface area contributed by atoms with Gasteiger partial charge in [-0.3, -0.25) is 14.2 Å². The lowest BCUT2D eigenvalue weighted by Gasteiger charge is -2.06. The average Bonchev–Trinajstić information content (AvgIpc) is 3.04. The number of benzene rings is 1. The first-order valence-corrected chi connectivity index (χ1v) is 6.83. The molecule has 2 heterocycles. The zero-order chi connectivity index (χ0) is 14.8. The molecule has 0 bridgehead atoms. The van der Waals surface area contributed by atoms with Crippen LogP contribution in [0.5, 0.6) is 0 Å². The standard InChI is InChI=1S/C15H17N5O/c1-11-4-3-5-12-8-17-20(15(11)12)7-6-14(21)18-13-9-16-19(2)10-13/h3-5,8-10H,6-7H2,1-2H3,(H,18,21). The maximum atomic E-state index is 11.9. The molecule has 2 aromatic heterocycles. The molecule has 6 heteroatoms. The van der Waals surface area contributed by atoms with Crippen LogP contribution in [0.25, 0.3) is 10.9 Å². The fourth-order valence-electron chi connectivity index (χ4n) is 2.41. The molecule has 3 rings (SSSR count). The van der Waals surface area contributed by atoms with Gasteiger partial charge in [-0.2, -0.15) is 10.2 Å². The highest BCUT2D eigenvalue weighted by Gasteiger charge is 2.08. The molecule has 0 radical (unpaired) electrons. The number of aromatic nitrogens is 4. The molecule has 0 fully saturated rings. The summed E-state index contributed by atoms with van der Waals surface area (Å²) in [6, 6.07) is 6.09. The van der Waals surface area contributed by atoms with E-state index >= 15 is 0 Å². The summed E-state index contributed by atoms with van der Waals surface area (Å²) in [6.07, 6.45) is 5.61. The van der Waals surface area contributed by atoms with Crippen molar-refractivity contribution >= 4 is 22.5 Å². The molecule has 0 atom stereocenters. The minimum absolute atomic E-state index is 0.0414. The number of para-hydroxylation sites is 1. The Labute approximate surface area is 122 Å². The van der Waals surface area contributed by atoms with E-state index in [0.717, 1.165) is 16.5 Å². The molecule has 0 aliphatic rings. The van der Waals surface area contributed by atoms with Gasteiger partial charge >= 0.3 is 0 Å². The molecular formula is C15H17N5O. The lowest BCUT2D eigenvalue weighted by molar-refractivity contribution is -0.116. The van der Waals surface area contributed by atoms with Crippen LogP contribution >= 0.6 is 0 Å². The molecule has 6 nitrogen and oxygen atoms in total. The smallest absolute Gasteiger partial charge is 0.226 e. The van der Waals surface area contributed by atoms with Crippen LogP contribution in [-0.2, 0) is 18.4 Å². The lowest BCUT2D eigenvalue weighted by Crippen LogP contribution is -2.14. The number of amides is 1. The molecule has 108 valence electrons. The number of rotatable bonds is 4. The summed E-state index contributed by atoms with van der Waals surface area (Å²) in [7, 11) is 1.81. The maximum Gasteiger partial charge on any atom is 0.226 e. The van der Waals surface area contributed by atoms with Gasteiger partial charge in [-0.05, 0) is 12.5 Å². The minimum atomic E-state index is -0.0414. The summed E-state index contributed by atoms with van der Waals surface area (Å²) in [5, 5.41) is 12.3. The van der Waals surface area contributed by atoms with Crippen LogP contribution in [0.2, 0.25) is 0 Å². The van der Waals surface area contributed by atoms with Crippen molar-refractivity contribution in [3.63, 3.8) is 0 Å². The van der Waals surface area contributed by atoms with Crippen molar-refractivity contribution in [2.45, 2.75) is 19.9 Å². The number of hydrogen-bond donors (Lipinski definition) is 1. The summed E-state index contributed by atoms with van der Waals surface area (Å²) in [6.45, 7) is 2.61. The normalized spacial score (nSPS) is 11.0. The number of nitrogens with zero attached hydrogens (tertiary/aromatic N) is 4. The van der Waals surface area contributed by atoms with Crippen LogP contribution in [0.3, 0.4) is 0 Å². The van der Waals surface area contributed by atoms with E-state index in [1.54, 1.807) is 17.1 Å². The topological polar surface area (TPSA) is 64.7 Å². The fourth-order valence-corrected chi connectivity index (χ4v) is 2.41. The predicted molar refractivity (Wildman–Crippen MR) is 80.9 cm³/mol. The fraction of sp³-hybridized carbons (Fsp3) is 0.267. The van der Waals surface area contributed by atoms with Gasteiger partial charge in [0.1, 0.15) is 0 Å². The third-order valence-corrected chi connectivity index (χ3v) is 3.40. The summed E-state index contributed by atoms with van der Waals surface area (Å²) in [5.74, 6) is -0.0414. The first-order valence-electron chi connectivity index (χ1n) is 6.83. The molecule has 3 aromatic rings. The first kappa shape index (κ1) is 13.4. The Balaban J connectivity index is 1.67. The molecule has 1 amide bonds. The zero-order valence-corrected chi connectivity index (χ0v) is 12.1. The molecule has 0 aliphatic heterocycles. The Bertz CT molecular complexity index is 786. The summed E-state index contributed by atoms with van der Waals surface area (Å²) in [5.41, 5.74) is 2.97. The lowest BCUT2D eigenvalue weighted by atomic mass is 10.2. The quantitative estimate of drug-likeness (QED) is 0.797. The van der Waals surface area contributed by atoms with Gasteiger partial charge in [0, 0.05) is 25.1 Å². The van der Waals surface area contributed by atoms with E-state index in [9.17, 15) is 4.79 Å². The zero-order valence-electron chi connectivity index (χ0n) is 12.1. The summed E-state index contributed by atoms with van der Waals surface area (Å²) in [4.78, 5) is 11.9. The van der Waals surface area contributed by atoms with E-state index in [1.807, 2.05) is 30.1 Å². The molecule has 1 N–H and O–H groups in total. The minimum Gasteiger partial charge on any atom is -0.323 e.